The van der Waals surface area contributed by atoms with Gasteiger partial charge in [-0.25, -0.2) is 9.07 Å². The van der Waals surface area contributed by atoms with Gasteiger partial charge in [0.05, 0.1) is 17.6 Å². The van der Waals surface area contributed by atoms with E-state index in [9.17, 15) is 14.0 Å². The van der Waals surface area contributed by atoms with Crippen LogP contribution < -0.4 is 10.9 Å². The third kappa shape index (κ3) is 4.76. The first kappa shape index (κ1) is 19.8. The molecule has 31 heavy (non-hydrogen) atoms. The molecule has 0 unspecified atom stereocenters. The molecule has 0 radical (unpaired) electrons. The van der Waals surface area contributed by atoms with E-state index in [2.05, 4.69) is 16.0 Å². The summed E-state index contributed by atoms with van der Waals surface area (Å²) in [6.07, 6.45) is 5.96. The Kier molecular flexibility index (Phi) is 5.70. The van der Waals surface area contributed by atoms with Crippen molar-refractivity contribution in [2.24, 2.45) is 0 Å². The first-order valence-corrected chi connectivity index (χ1v) is 9.33. The molecule has 8 heteroatoms. The lowest BCUT2D eigenvalue weighted by atomic mass is 10.1. The molecule has 2 amide bonds. The average molecular weight is 416 g/mol. The molecule has 4 aromatic rings. The van der Waals surface area contributed by atoms with E-state index < -0.39 is 11.8 Å². The highest BCUT2D eigenvalue weighted by Gasteiger charge is 2.12. The Balaban J connectivity index is 1.55. The largest absolute Gasteiger partial charge is 0.459 e. The van der Waals surface area contributed by atoms with Gasteiger partial charge >= 0.3 is 5.91 Å². The second kappa shape index (κ2) is 8.91. The molecule has 0 saturated heterocycles. The van der Waals surface area contributed by atoms with E-state index in [0.717, 1.165) is 5.69 Å². The minimum atomic E-state index is -0.573. The zero-order valence-electron chi connectivity index (χ0n) is 16.2. The molecule has 7 nitrogen and oxygen atoms in total. The lowest BCUT2D eigenvalue weighted by Crippen LogP contribution is -2.40. The fourth-order valence-corrected chi connectivity index (χ4v) is 2.85. The average Bonchev–Trinajstić information content (AvgIpc) is 3.48. The van der Waals surface area contributed by atoms with E-state index in [1.165, 1.54) is 30.5 Å². The Morgan fingerprint density at radius 2 is 1.74 bits per heavy atom. The summed E-state index contributed by atoms with van der Waals surface area (Å²) < 4.78 is 20.0. The third-order valence-corrected chi connectivity index (χ3v) is 4.34. The number of rotatable bonds is 5. The molecule has 0 aliphatic rings. The molecule has 0 aliphatic carbocycles. The fourth-order valence-electron chi connectivity index (χ4n) is 2.85. The number of para-hydroxylation sites is 1. The first-order chi connectivity index (χ1) is 15.1. The molecule has 2 aromatic heterocycles. The van der Waals surface area contributed by atoms with Crippen LogP contribution in [0.3, 0.4) is 0 Å². The summed E-state index contributed by atoms with van der Waals surface area (Å²) >= 11 is 0. The SMILES string of the molecule is O=C(/C=C/c1cn(-c2ccccc2)nc1-c1ccc(F)cc1)NNC(=O)c1ccco1. The van der Waals surface area contributed by atoms with Crippen molar-refractivity contribution in [3.63, 3.8) is 0 Å². The summed E-state index contributed by atoms with van der Waals surface area (Å²) in [5.41, 5.74) is 7.29. The number of hydrazine groups is 1. The lowest BCUT2D eigenvalue weighted by molar-refractivity contribution is -0.117. The molecule has 2 heterocycles. The van der Waals surface area contributed by atoms with Crippen LogP contribution in [0.15, 0.2) is 89.7 Å². The van der Waals surface area contributed by atoms with Gasteiger partial charge in [0.2, 0.25) is 0 Å². The van der Waals surface area contributed by atoms with Crippen LogP contribution in [-0.2, 0) is 4.79 Å². The van der Waals surface area contributed by atoms with Crippen LogP contribution in [0.5, 0.6) is 0 Å². The van der Waals surface area contributed by atoms with Crippen molar-refractivity contribution in [1.29, 1.82) is 0 Å². The van der Waals surface area contributed by atoms with Crippen LogP contribution in [0.4, 0.5) is 4.39 Å². The predicted molar refractivity (Wildman–Crippen MR) is 112 cm³/mol. The topological polar surface area (TPSA) is 89.2 Å². The van der Waals surface area contributed by atoms with Crippen molar-refractivity contribution in [3.8, 4) is 16.9 Å². The van der Waals surface area contributed by atoms with Gasteiger partial charge in [-0.05, 0) is 54.6 Å². The maximum atomic E-state index is 13.3. The van der Waals surface area contributed by atoms with Crippen molar-refractivity contribution in [2.75, 3.05) is 0 Å². The molecular weight excluding hydrogens is 399 g/mol. The normalized spacial score (nSPS) is 10.9. The minimum absolute atomic E-state index is 0.0759. The van der Waals surface area contributed by atoms with Crippen molar-refractivity contribution in [3.05, 3.63) is 102 Å². The summed E-state index contributed by atoms with van der Waals surface area (Å²) in [6.45, 7) is 0. The number of nitrogens with zero attached hydrogens (tertiary/aromatic N) is 2. The number of nitrogens with one attached hydrogen (secondary N) is 2. The molecular formula is C23H17FN4O3. The van der Waals surface area contributed by atoms with Gasteiger partial charge in [-0.1, -0.05) is 18.2 Å². The van der Waals surface area contributed by atoms with Gasteiger partial charge in [-0.2, -0.15) is 5.10 Å². The lowest BCUT2D eigenvalue weighted by Gasteiger charge is -2.02. The number of hydrogen-bond acceptors (Lipinski definition) is 4. The Labute approximate surface area is 176 Å². The second-order valence-electron chi connectivity index (χ2n) is 6.47. The zero-order chi connectivity index (χ0) is 21.6. The Morgan fingerprint density at radius 1 is 0.968 bits per heavy atom. The number of halogens is 1. The first-order valence-electron chi connectivity index (χ1n) is 9.33. The van der Waals surface area contributed by atoms with E-state index >= 15 is 0 Å². The molecule has 0 bridgehead atoms. The standard InChI is InChI=1S/C23H17FN4O3/c24-18-11-8-16(9-12-18)22-17(15-28(27-22)19-5-2-1-3-6-19)10-13-21(29)25-26-23(30)20-7-4-14-31-20/h1-15H,(H,25,29)(H,26,30)/b13-10+. The molecule has 0 aliphatic heterocycles. The summed E-state index contributed by atoms with van der Waals surface area (Å²) in [4.78, 5) is 24.0. The highest BCUT2D eigenvalue weighted by atomic mass is 19.1. The fraction of sp³-hybridized carbons (Fsp3) is 0. The maximum absolute atomic E-state index is 13.3. The number of amides is 2. The van der Waals surface area contributed by atoms with Crippen molar-refractivity contribution in [2.45, 2.75) is 0 Å². The molecule has 0 atom stereocenters. The minimum Gasteiger partial charge on any atom is -0.459 e. The number of hydrogen-bond donors (Lipinski definition) is 2. The van der Waals surface area contributed by atoms with E-state index in [1.807, 2.05) is 30.3 Å². The monoisotopic (exact) mass is 416 g/mol. The molecule has 0 spiro atoms. The van der Waals surface area contributed by atoms with Crippen LogP contribution in [-0.4, -0.2) is 21.6 Å². The number of benzene rings is 2. The van der Waals surface area contributed by atoms with Gasteiger partial charge in [0.1, 0.15) is 5.82 Å². The van der Waals surface area contributed by atoms with E-state index in [0.29, 0.717) is 16.8 Å². The molecule has 0 saturated carbocycles. The van der Waals surface area contributed by atoms with Crippen molar-refractivity contribution >= 4 is 17.9 Å². The highest BCUT2D eigenvalue weighted by Crippen LogP contribution is 2.25. The zero-order valence-corrected chi connectivity index (χ0v) is 16.2. The van der Waals surface area contributed by atoms with Crippen LogP contribution >= 0.6 is 0 Å². The maximum Gasteiger partial charge on any atom is 0.305 e. The molecule has 2 N–H and O–H groups in total. The van der Waals surface area contributed by atoms with Crippen molar-refractivity contribution in [1.82, 2.24) is 20.6 Å². The molecule has 154 valence electrons. The second-order valence-corrected chi connectivity index (χ2v) is 6.47. The highest BCUT2D eigenvalue weighted by molar-refractivity contribution is 5.96. The number of aromatic nitrogens is 2. The smallest absolute Gasteiger partial charge is 0.305 e. The van der Waals surface area contributed by atoms with E-state index in [-0.39, 0.29) is 11.6 Å². The molecule has 4 rings (SSSR count). The van der Waals surface area contributed by atoms with Crippen LogP contribution in [0, 0.1) is 5.82 Å². The number of furan rings is 1. The predicted octanol–water partition coefficient (Wildman–Crippen LogP) is 3.75. The van der Waals surface area contributed by atoms with Gasteiger partial charge < -0.3 is 4.42 Å². The Bertz CT molecular complexity index is 1210. The van der Waals surface area contributed by atoms with Gasteiger partial charge in [-0.3, -0.25) is 20.4 Å². The van der Waals surface area contributed by atoms with Crippen molar-refractivity contribution < 1.29 is 18.4 Å². The van der Waals surface area contributed by atoms with E-state index in [1.54, 1.807) is 35.2 Å². The van der Waals surface area contributed by atoms with Crippen LogP contribution in [0.1, 0.15) is 16.1 Å². The van der Waals surface area contributed by atoms with Gasteiger partial charge in [-0.15, -0.1) is 0 Å². The van der Waals surface area contributed by atoms with E-state index in [4.69, 9.17) is 4.42 Å². The van der Waals surface area contributed by atoms with Gasteiger partial charge in [0, 0.05) is 23.4 Å². The number of carbonyl (C=O) groups excluding carboxylic acids is 2. The Hall–Kier alpha value is -4.46. The summed E-state index contributed by atoms with van der Waals surface area (Å²) in [5.74, 6) is -1.39. The van der Waals surface area contributed by atoms with Crippen LogP contribution in [0.2, 0.25) is 0 Å². The third-order valence-electron chi connectivity index (χ3n) is 4.34. The Morgan fingerprint density at radius 3 is 2.45 bits per heavy atom. The molecule has 0 fully saturated rings. The summed E-state index contributed by atoms with van der Waals surface area (Å²) in [7, 11) is 0. The quantitative estimate of drug-likeness (QED) is 0.383. The van der Waals surface area contributed by atoms with Gasteiger partial charge in [0.15, 0.2) is 5.76 Å². The number of carbonyl (C=O) groups is 2. The summed E-state index contributed by atoms with van der Waals surface area (Å²) in [5, 5.41) is 4.60. The van der Waals surface area contributed by atoms with Gasteiger partial charge in [0.25, 0.3) is 5.91 Å². The molecule has 2 aromatic carbocycles. The van der Waals surface area contributed by atoms with Crippen LogP contribution in [0.25, 0.3) is 23.0 Å². The summed E-state index contributed by atoms with van der Waals surface area (Å²) in [6, 6.07) is 18.4.